The van der Waals surface area contributed by atoms with Crippen LogP contribution in [0.1, 0.15) is 27.2 Å². The average Bonchev–Trinajstić information content (AvgIpc) is 2.16. The first-order valence-electron chi connectivity index (χ1n) is 6.17. The van der Waals surface area contributed by atoms with Crippen LogP contribution in [0.4, 0.5) is 0 Å². The van der Waals surface area contributed by atoms with Crippen molar-refractivity contribution in [1.82, 2.24) is 0 Å². The number of rotatable bonds is 8. The summed E-state index contributed by atoms with van der Waals surface area (Å²) in [5.41, 5.74) is 0.0984. The maximum absolute atomic E-state index is 5.99. The van der Waals surface area contributed by atoms with Gasteiger partial charge in [0.1, 0.15) is 11.8 Å². The molecule has 1 aliphatic rings. The van der Waals surface area contributed by atoms with Crippen LogP contribution in [0.5, 0.6) is 0 Å². The molecular weight excluding hydrogens is 224 g/mol. The van der Waals surface area contributed by atoms with Gasteiger partial charge in [-0.2, -0.15) is 0 Å². The van der Waals surface area contributed by atoms with Crippen molar-refractivity contribution in [3.63, 3.8) is 0 Å². The molecule has 1 heterocycles. The van der Waals surface area contributed by atoms with E-state index in [2.05, 4.69) is 13.5 Å². The lowest BCUT2D eigenvalue weighted by Gasteiger charge is -2.37. The summed E-state index contributed by atoms with van der Waals surface area (Å²) in [5, 5.41) is 0. The topological polar surface area (TPSA) is 36.9 Å². The summed E-state index contributed by atoms with van der Waals surface area (Å²) in [6.45, 7) is 11.0. The van der Waals surface area contributed by atoms with E-state index in [1.165, 1.54) is 0 Å². The Morgan fingerprint density at radius 1 is 1.19 bits per heavy atom. The summed E-state index contributed by atoms with van der Waals surface area (Å²) in [6.07, 6.45) is 1.16. The van der Waals surface area contributed by atoms with E-state index < -0.39 is 8.56 Å². The third-order valence-electron chi connectivity index (χ3n) is 2.78. The standard InChI is InChI=1S/C11H24O4Si/c1-5-11(15-10-8-12-9-10)16(4,13-6-2)14-7-3/h10-11H,5-9H2,1-4H3. The maximum Gasteiger partial charge on any atom is 0.364 e. The van der Waals surface area contributed by atoms with Crippen molar-refractivity contribution in [2.75, 3.05) is 26.4 Å². The summed E-state index contributed by atoms with van der Waals surface area (Å²) in [4.78, 5) is 0. The fourth-order valence-corrected chi connectivity index (χ4v) is 4.70. The van der Waals surface area contributed by atoms with Crippen LogP contribution in [0, 0.1) is 0 Å². The molecule has 1 rings (SSSR count). The quantitative estimate of drug-likeness (QED) is 0.614. The molecule has 16 heavy (non-hydrogen) atoms. The van der Waals surface area contributed by atoms with Crippen molar-refractivity contribution in [3.8, 4) is 0 Å². The van der Waals surface area contributed by atoms with Gasteiger partial charge >= 0.3 is 8.56 Å². The summed E-state index contributed by atoms with van der Waals surface area (Å²) in [6, 6.07) is 0. The van der Waals surface area contributed by atoms with Gasteiger partial charge < -0.3 is 18.3 Å². The Hall–Kier alpha value is 0.0569. The Morgan fingerprint density at radius 2 is 1.75 bits per heavy atom. The van der Waals surface area contributed by atoms with Crippen LogP contribution in [-0.4, -0.2) is 46.8 Å². The lowest BCUT2D eigenvalue weighted by Crippen LogP contribution is -2.55. The molecule has 5 heteroatoms. The van der Waals surface area contributed by atoms with Crippen LogP contribution in [0.15, 0.2) is 0 Å². The van der Waals surface area contributed by atoms with Crippen molar-refractivity contribution in [2.45, 2.75) is 45.6 Å². The molecular formula is C11H24O4Si. The molecule has 96 valence electrons. The van der Waals surface area contributed by atoms with Gasteiger partial charge in [0.15, 0.2) is 0 Å². The van der Waals surface area contributed by atoms with Crippen molar-refractivity contribution < 1.29 is 18.3 Å². The Morgan fingerprint density at radius 3 is 2.06 bits per heavy atom. The molecule has 0 aromatic heterocycles. The molecule has 0 aromatic carbocycles. The van der Waals surface area contributed by atoms with E-state index in [-0.39, 0.29) is 11.8 Å². The average molecular weight is 248 g/mol. The van der Waals surface area contributed by atoms with Crippen LogP contribution < -0.4 is 0 Å². The Bertz CT molecular complexity index is 190. The first-order chi connectivity index (χ1) is 7.66. The number of hydrogen-bond donors (Lipinski definition) is 0. The van der Waals surface area contributed by atoms with Crippen LogP contribution in [-0.2, 0) is 18.3 Å². The third-order valence-corrected chi connectivity index (χ3v) is 6.22. The van der Waals surface area contributed by atoms with Gasteiger partial charge in [0.05, 0.1) is 13.2 Å². The number of ether oxygens (including phenoxy) is 2. The Labute approximate surface area is 99.5 Å². The minimum Gasteiger partial charge on any atom is -0.393 e. The molecule has 1 atom stereocenters. The summed E-state index contributed by atoms with van der Waals surface area (Å²) in [5.74, 6) is 0. The predicted octanol–water partition coefficient (Wildman–Crippen LogP) is 1.86. The predicted molar refractivity (Wildman–Crippen MR) is 64.6 cm³/mol. The second kappa shape index (κ2) is 6.71. The largest absolute Gasteiger partial charge is 0.393 e. The smallest absolute Gasteiger partial charge is 0.364 e. The van der Waals surface area contributed by atoms with Gasteiger partial charge in [0, 0.05) is 13.2 Å². The van der Waals surface area contributed by atoms with E-state index >= 15 is 0 Å². The summed E-state index contributed by atoms with van der Waals surface area (Å²) >= 11 is 0. The van der Waals surface area contributed by atoms with Crippen molar-refractivity contribution in [3.05, 3.63) is 0 Å². The molecule has 0 amide bonds. The van der Waals surface area contributed by atoms with Gasteiger partial charge in [0.2, 0.25) is 0 Å². The molecule has 1 fully saturated rings. The monoisotopic (exact) mass is 248 g/mol. The van der Waals surface area contributed by atoms with Gasteiger partial charge in [-0.3, -0.25) is 0 Å². The summed E-state index contributed by atoms with van der Waals surface area (Å²) < 4.78 is 22.8. The molecule has 1 unspecified atom stereocenters. The fourth-order valence-electron chi connectivity index (χ4n) is 1.92. The molecule has 0 spiro atoms. The lowest BCUT2D eigenvalue weighted by molar-refractivity contribution is -0.147. The molecule has 0 aromatic rings. The fraction of sp³-hybridized carbons (Fsp3) is 1.00. The van der Waals surface area contributed by atoms with Crippen molar-refractivity contribution in [2.24, 2.45) is 0 Å². The minimum absolute atomic E-state index is 0.0984. The van der Waals surface area contributed by atoms with Gasteiger partial charge in [-0.25, -0.2) is 0 Å². The SMILES string of the molecule is CCO[Si](C)(OCC)C(CC)OC1COC1. The van der Waals surface area contributed by atoms with Crippen molar-refractivity contribution >= 4 is 8.56 Å². The van der Waals surface area contributed by atoms with E-state index in [0.29, 0.717) is 26.4 Å². The van der Waals surface area contributed by atoms with E-state index in [0.717, 1.165) is 6.42 Å². The Kier molecular flexibility index (Phi) is 5.92. The zero-order chi connectivity index (χ0) is 12.0. The Balaban J connectivity index is 2.55. The minimum atomic E-state index is -2.20. The zero-order valence-corrected chi connectivity index (χ0v) is 11.8. The second-order valence-electron chi connectivity index (χ2n) is 4.07. The molecule has 0 N–H and O–H groups in total. The zero-order valence-electron chi connectivity index (χ0n) is 10.8. The highest BCUT2D eigenvalue weighted by atomic mass is 28.4. The molecule has 0 bridgehead atoms. The van der Waals surface area contributed by atoms with Gasteiger partial charge in [-0.15, -0.1) is 0 Å². The highest BCUT2D eigenvalue weighted by Gasteiger charge is 2.43. The van der Waals surface area contributed by atoms with Gasteiger partial charge in [-0.1, -0.05) is 6.92 Å². The molecule has 1 saturated heterocycles. The first-order valence-corrected chi connectivity index (χ1v) is 8.56. The molecule has 0 radical (unpaired) electrons. The normalized spacial score (nSPS) is 19.5. The summed E-state index contributed by atoms with van der Waals surface area (Å²) in [7, 11) is -2.20. The molecule has 0 saturated carbocycles. The highest BCUT2D eigenvalue weighted by Crippen LogP contribution is 2.22. The van der Waals surface area contributed by atoms with Crippen molar-refractivity contribution in [1.29, 1.82) is 0 Å². The van der Waals surface area contributed by atoms with E-state index in [9.17, 15) is 0 Å². The van der Waals surface area contributed by atoms with E-state index in [1.54, 1.807) is 0 Å². The lowest BCUT2D eigenvalue weighted by atomic mass is 10.3. The molecule has 0 aliphatic carbocycles. The van der Waals surface area contributed by atoms with Crippen LogP contribution in [0.2, 0.25) is 6.55 Å². The molecule has 4 nitrogen and oxygen atoms in total. The van der Waals surface area contributed by atoms with Gasteiger partial charge in [-0.05, 0) is 26.8 Å². The van der Waals surface area contributed by atoms with Crippen LogP contribution in [0.25, 0.3) is 0 Å². The van der Waals surface area contributed by atoms with Crippen LogP contribution >= 0.6 is 0 Å². The highest BCUT2D eigenvalue weighted by molar-refractivity contribution is 6.67. The van der Waals surface area contributed by atoms with Crippen LogP contribution in [0.3, 0.4) is 0 Å². The van der Waals surface area contributed by atoms with E-state index in [1.807, 2.05) is 13.8 Å². The van der Waals surface area contributed by atoms with Gasteiger partial charge in [0.25, 0.3) is 0 Å². The second-order valence-corrected chi connectivity index (χ2v) is 7.33. The van der Waals surface area contributed by atoms with E-state index in [4.69, 9.17) is 18.3 Å². The number of hydrogen-bond acceptors (Lipinski definition) is 4. The third kappa shape index (κ3) is 3.53. The molecule has 1 aliphatic heterocycles. The maximum atomic E-state index is 5.99. The first kappa shape index (κ1) is 14.1.